The fourth-order valence-corrected chi connectivity index (χ4v) is 8.04. The molecule has 2 aromatic rings. The minimum atomic E-state index is -2.62. The van der Waals surface area contributed by atoms with E-state index in [2.05, 4.69) is 45.0 Å². The van der Waals surface area contributed by atoms with Gasteiger partial charge in [0.1, 0.15) is 6.10 Å². The number of aliphatic hydroxyl groups excluding tert-OH is 1. The molecule has 5 nitrogen and oxygen atoms in total. The number of carbonyl (C=O) groups is 1. The van der Waals surface area contributed by atoms with Crippen molar-refractivity contribution in [2.24, 2.45) is 5.73 Å². The topological polar surface area (TPSA) is 81.8 Å². The zero-order valence-electron chi connectivity index (χ0n) is 16.2. The number of carbonyl (C=O) groups excluding carboxylic acids is 1. The Morgan fingerprint density at radius 3 is 1.89 bits per heavy atom. The Bertz CT molecular complexity index is 676. The summed E-state index contributed by atoms with van der Waals surface area (Å²) >= 11 is 0. The second-order valence-electron chi connectivity index (χ2n) is 7.54. The van der Waals surface area contributed by atoms with Gasteiger partial charge in [0, 0.05) is 13.0 Å². The van der Waals surface area contributed by atoms with Crippen molar-refractivity contribution in [3.05, 3.63) is 60.7 Å². The van der Waals surface area contributed by atoms with Crippen molar-refractivity contribution in [1.29, 1.82) is 0 Å². The van der Waals surface area contributed by atoms with Crippen LogP contribution >= 0.6 is 0 Å². The molecule has 1 amide bonds. The van der Waals surface area contributed by atoms with E-state index in [0.717, 1.165) is 0 Å². The van der Waals surface area contributed by atoms with Crippen molar-refractivity contribution in [3.8, 4) is 0 Å². The number of hydrogen-bond acceptors (Lipinski definition) is 4. The lowest BCUT2D eigenvalue weighted by molar-refractivity contribution is 0.0492. The van der Waals surface area contributed by atoms with Crippen LogP contribution < -0.4 is 16.1 Å². The van der Waals surface area contributed by atoms with Crippen LogP contribution in [0.5, 0.6) is 0 Å². The molecule has 0 heterocycles. The van der Waals surface area contributed by atoms with Crippen LogP contribution in [0.15, 0.2) is 60.7 Å². The number of ether oxygens (including phenoxy) is 1. The first-order chi connectivity index (χ1) is 12.8. The Balaban J connectivity index is 2.39. The van der Waals surface area contributed by atoms with Gasteiger partial charge in [0.05, 0.1) is 6.61 Å². The normalized spacial score (nSPS) is 13.2. The molecule has 0 saturated heterocycles. The Morgan fingerprint density at radius 2 is 1.52 bits per heavy atom. The predicted molar refractivity (Wildman–Crippen MR) is 110 cm³/mol. The fourth-order valence-electron chi connectivity index (χ4n) is 3.46. The van der Waals surface area contributed by atoms with Crippen molar-refractivity contribution in [2.45, 2.75) is 38.3 Å². The maximum atomic E-state index is 11.0. The van der Waals surface area contributed by atoms with E-state index in [1.807, 2.05) is 36.4 Å². The number of rotatable bonds is 8. The van der Waals surface area contributed by atoms with Gasteiger partial charge in [0.2, 0.25) is 0 Å². The summed E-state index contributed by atoms with van der Waals surface area (Å²) in [5.74, 6) is 0. The first-order valence-corrected chi connectivity index (χ1v) is 11.0. The second kappa shape index (κ2) is 9.17. The van der Waals surface area contributed by atoms with E-state index in [9.17, 15) is 9.90 Å². The summed E-state index contributed by atoms with van der Waals surface area (Å²) in [5, 5.41) is 11.7. The van der Waals surface area contributed by atoms with Gasteiger partial charge in [-0.05, 0) is 15.4 Å². The molecule has 2 rings (SSSR count). The fraction of sp³-hybridized carbons (Fsp3) is 0.381. The molecule has 0 saturated carbocycles. The Kier molecular flexibility index (Phi) is 7.18. The van der Waals surface area contributed by atoms with Crippen LogP contribution in [0, 0.1) is 0 Å². The second-order valence-corrected chi connectivity index (χ2v) is 11.8. The summed E-state index contributed by atoms with van der Waals surface area (Å²) in [6.07, 6.45) is -1.18. The van der Waals surface area contributed by atoms with Gasteiger partial charge >= 0.3 is 6.09 Å². The van der Waals surface area contributed by atoms with Crippen LogP contribution in [0.4, 0.5) is 4.79 Å². The third-order valence-electron chi connectivity index (χ3n) is 4.66. The number of aliphatic hydroxyl groups is 1. The van der Waals surface area contributed by atoms with E-state index >= 15 is 0 Å². The van der Waals surface area contributed by atoms with Crippen LogP contribution in [0.2, 0.25) is 5.04 Å². The standard InChI is InChI=1S/C21H29NO4Si/c1-21(2,3)27(18-10-6-4-7-11-18,19-12-8-5-9-13-19)25-15-14-17(16-23)26-20(22)24/h4-13,17,23H,14-16H2,1-3H3,(H2,22,24). The van der Waals surface area contributed by atoms with Crippen LogP contribution in [0.1, 0.15) is 27.2 Å². The summed E-state index contributed by atoms with van der Waals surface area (Å²) in [6.45, 7) is 6.66. The number of amides is 1. The zero-order chi connectivity index (χ0) is 19.9. The van der Waals surface area contributed by atoms with Gasteiger partial charge in [0.25, 0.3) is 8.32 Å². The van der Waals surface area contributed by atoms with Gasteiger partial charge in [-0.2, -0.15) is 0 Å². The number of nitrogens with two attached hydrogens (primary N) is 1. The van der Waals surface area contributed by atoms with Gasteiger partial charge in [-0.15, -0.1) is 0 Å². The van der Waals surface area contributed by atoms with Gasteiger partial charge in [0.15, 0.2) is 0 Å². The molecule has 0 spiro atoms. The summed E-state index contributed by atoms with van der Waals surface area (Å²) in [6, 6.07) is 20.6. The summed E-state index contributed by atoms with van der Waals surface area (Å²) in [5.41, 5.74) is 5.07. The van der Waals surface area contributed by atoms with E-state index in [0.29, 0.717) is 13.0 Å². The Morgan fingerprint density at radius 1 is 1.04 bits per heavy atom. The molecule has 2 aromatic carbocycles. The van der Waals surface area contributed by atoms with E-state index in [1.54, 1.807) is 0 Å². The average Bonchev–Trinajstić information content (AvgIpc) is 2.64. The smallest absolute Gasteiger partial charge is 0.404 e. The molecule has 0 aromatic heterocycles. The molecular formula is C21H29NO4Si. The van der Waals surface area contributed by atoms with Gasteiger partial charge < -0.3 is 20.0 Å². The van der Waals surface area contributed by atoms with E-state index in [-0.39, 0.29) is 11.6 Å². The van der Waals surface area contributed by atoms with Gasteiger partial charge in [-0.1, -0.05) is 81.4 Å². The van der Waals surface area contributed by atoms with E-state index in [4.69, 9.17) is 14.9 Å². The molecule has 3 N–H and O–H groups in total. The molecule has 1 unspecified atom stereocenters. The summed E-state index contributed by atoms with van der Waals surface area (Å²) in [4.78, 5) is 11.0. The van der Waals surface area contributed by atoms with Gasteiger partial charge in [-0.25, -0.2) is 4.79 Å². The molecule has 146 valence electrons. The molecule has 0 aliphatic heterocycles. The highest BCUT2D eigenvalue weighted by molar-refractivity contribution is 6.99. The Hall–Kier alpha value is -2.15. The van der Waals surface area contributed by atoms with Crippen molar-refractivity contribution in [2.75, 3.05) is 13.2 Å². The SMILES string of the molecule is CC(C)(C)[Si](OCCC(CO)OC(N)=O)(c1ccccc1)c1ccccc1. The summed E-state index contributed by atoms with van der Waals surface area (Å²) in [7, 11) is -2.62. The predicted octanol–water partition coefficient (Wildman–Crippen LogP) is 2.41. The van der Waals surface area contributed by atoms with E-state index < -0.39 is 20.5 Å². The zero-order valence-corrected chi connectivity index (χ0v) is 17.2. The minimum absolute atomic E-state index is 0.130. The van der Waals surface area contributed by atoms with Crippen molar-refractivity contribution >= 4 is 24.8 Å². The van der Waals surface area contributed by atoms with E-state index in [1.165, 1.54) is 10.4 Å². The number of hydrogen-bond donors (Lipinski definition) is 2. The highest BCUT2D eigenvalue weighted by atomic mass is 28.4. The molecule has 6 heteroatoms. The van der Waals surface area contributed by atoms with Gasteiger partial charge in [-0.3, -0.25) is 0 Å². The molecule has 0 fully saturated rings. The molecule has 0 bridgehead atoms. The maximum absolute atomic E-state index is 11.0. The minimum Gasteiger partial charge on any atom is -0.444 e. The average molecular weight is 388 g/mol. The lowest BCUT2D eigenvalue weighted by Gasteiger charge is -2.43. The van der Waals surface area contributed by atoms with Crippen LogP contribution in [-0.2, 0) is 9.16 Å². The lowest BCUT2D eigenvalue weighted by atomic mass is 10.2. The van der Waals surface area contributed by atoms with Crippen molar-refractivity contribution in [1.82, 2.24) is 0 Å². The maximum Gasteiger partial charge on any atom is 0.404 e. The number of benzene rings is 2. The lowest BCUT2D eigenvalue weighted by Crippen LogP contribution is -2.66. The van der Waals surface area contributed by atoms with Crippen LogP contribution in [0.3, 0.4) is 0 Å². The third kappa shape index (κ3) is 4.97. The van der Waals surface area contributed by atoms with Crippen molar-refractivity contribution in [3.63, 3.8) is 0 Å². The molecule has 0 radical (unpaired) electrons. The monoisotopic (exact) mass is 387 g/mol. The highest BCUT2D eigenvalue weighted by Gasteiger charge is 2.50. The quantitative estimate of drug-likeness (QED) is 0.682. The molecule has 1 atom stereocenters. The Labute approximate surface area is 162 Å². The molecule has 27 heavy (non-hydrogen) atoms. The first-order valence-electron chi connectivity index (χ1n) is 9.13. The number of primary amides is 1. The third-order valence-corrected chi connectivity index (χ3v) is 9.70. The van der Waals surface area contributed by atoms with Crippen LogP contribution in [-0.4, -0.2) is 38.8 Å². The summed E-state index contributed by atoms with van der Waals surface area (Å²) < 4.78 is 11.6. The van der Waals surface area contributed by atoms with Crippen molar-refractivity contribution < 1.29 is 19.1 Å². The molecular weight excluding hydrogens is 358 g/mol. The largest absolute Gasteiger partial charge is 0.444 e. The van der Waals surface area contributed by atoms with Crippen LogP contribution in [0.25, 0.3) is 0 Å². The first kappa shape index (κ1) is 21.2. The highest BCUT2D eigenvalue weighted by Crippen LogP contribution is 2.36. The molecule has 0 aliphatic carbocycles. The molecule has 0 aliphatic rings.